The number of unbranched alkanes of at least 4 members (excludes halogenated alkanes) is 3. The Labute approximate surface area is 187 Å². The van der Waals surface area contributed by atoms with Crippen molar-refractivity contribution in [2.24, 2.45) is 0 Å². The Hall–Kier alpha value is -2.42. The minimum atomic E-state index is -0.474. The van der Waals surface area contributed by atoms with Gasteiger partial charge in [-0.15, -0.1) is 4.47 Å². The molecule has 1 aromatic carbocycles. The Morgan fingerprint density at radius 2 is 1.84 bits per heavy atom. The van der Waals surface area contributed by atoms with Crippen molar-refractivity contribution in [2.45, 2.75) is 38.5 Å². The highest BCUT2D eigenvalue weighted by molar-refractivity contribution is 7.96. The van der Waals surface area contributed by atoms with Gasteiger partial charge in [0.05, 0.1) is 6.61 Å². The minimum absolute atomic E-state index is 0.343. The molecule has 0 saturated heterocycles. The van der Waals surface area contributed by atoms with Crippen LogP contribution in [-0.2, 0) is 4.84 Å². The van der Waals surface area contributed by atoms with Crippen LogP contribution in [0.4, 0.5) is 17.1 Å². The molecule has 1 aliphatic carbocycles. The molecular formula is C23H30N4O3S. The van der Waals surface area contributed by atoms with Gasteiger partial charge in [-0.3, -0.25) is 19.4 Å². The first kappa shape index (κ1) is 23.2. The summed E-state index contributed by atoms with van der Waals surface area (Å²) in [6.45, 7) is 1.30. The van der Waals surface area contributed by atoms with E-state index in [1.807, 2.05) is 11.5 Å². The number of hydroxylamine groups is 1. The zero-order chi connectivity index (χ0) is 21.9. The van der Waals surface area contributed by atoms with E-state index < -0.39 is 10.9 Å². The molecule has 166 valence electrons. The van der Waals surface area contributed by atoms with Crippen molar-refractivity contribution < 1.29 is 4.84 Å². The second-order valence-corrected chi connectivity index (χ2v) is 8.60. The molecule has 0 spiro atoms. The first-order valence-corrected chi connectivity index (χ1v) is 11.7. The molecule has 2 N–H and O–H groups in total. The van der Waals surface area contributed by atoms with Gasteiger partial charge < -0.3 is 10.6 Å². The normalized spacial score (nSPS) is 13.5. The molecule has 0 atom stereocenters. The molecule has 0 fully saturated rings. The van der Waals surface area contributed by atoms with Crippen LogP contribution in [0.25, 0.3) is 0 Å². The zero-order valence-electron chi connectivity index (χ0n) is 17.9. The molecule has 2 aromatic rings. The lowest BCUT2D eigenvalue weighted by Gasteiger charge is -2.16. The summed E-state index contributed by atoms with van der Waals surface area (Å²) in [6, 6.07) is 3.51. The number of anilines is 3. The predicted octanol–water partition coefficient (Wildman–Crippen LogP) is 4.18. The molecule has 1 aliphatic rings. The number of allylic oxidation sites excluding steroid dienone is 2. The molecule has 0 amide bonds. The SMILES string of the molecule is CN(OCC1=CCCC=C1)SCCCCCCNc1c(Nc2ccncc2)c(=O)c1=O. The Morgan fingerprint density at radius 1 is 1.06 bits per heavy atom. The van der Waals surface area contributed by atoms with E-state index in [-0.39, 0.29) is 0 Å². The van der Waals surface area contributed by atoms with E-state index in [0.717, 1.165) is 50.0 Å². The minimum Gasteiger partial charge on any atom is -0.380 e. The van der Waals surface area contributed by atoms with Gasteiger partial charge in [-0.2, -0.15) is 0 Å². The third kappa shape index (κ3) is 7.34. The molecule has 0 aliphatic heterocycles. The van der Waals surface area contributed by atoms with Gasteiger partial charge in [0, 0.05) is 37.4 Å². The fourth-order valence-electron chi connectivity index (χ4n) is 3.22. The van der Waals surface area contributed by atoms with Crippen molar-refractivity contribution in [3.63, 3.8) is 0 Å². The largest absolute Gasteiger partial charge is 0.380 e. The van der Waals surface area contributed by atoms with Gasteiger partial charge in [-0.25, -0.2) is 0 Å². The summed E-state index contributed by atoms with van der Waals surface area (Å²) in [5, 5.41) is 6.11. The van der Waals surface area contributed by atoms with Crippen LogP contribution in [-0.4, -0.2) is 35.4 Å². The third-order valence-corrected chi connectivity index (χ3v) is 5.93. The van der Waals surface area contributed by atoms with Crippen molar-refractivity contribution in [3.8, 4) is 0 Å². The Balaban J connectivity index is 1.24. The van der Waals surface area contributed by atoms with Gasteiger partial charge in [-0.05, 0) is 43.4 Å². The maximum absolute atomic E-state index is 11.8. The lowest BCUT2D eigenvalue weighted by molar-refractivity contribution is -0.0413. The molecule has 0 bridgehead atoms. The molecular weight excluding hydrogens is 412 g/mol. The number of hydrogen-bond acceptors (Lipinski definition) is 8. The second kappa shape index (κ2) is 12.4. The third-order valence-electron chi connectivity index (χ3n) is 4.99. The van der Waals surface area contributed by atoms with Crippen LogP contribution in [0.5, 0.6) is 0 Å². The summed E-state index contributed by atoms with van der Waals surface area (Å²) in [6.07, 6.45) is 16.3. The van der Waals surface area contributed by atoms with E-state index >= 15 is 0 Å². The van der Waals surface area contributed by atoms with Crippen LogP contribution < -0.4 is 21.5 Å². The Morgan fingerprint density at radius 3 is 2.61 bits per heavy atom. The van der Waals surface area contributed by atoms with E-state index in [1.165, 1.54) is 5.57 Å². The van der Waals surface area contributed by atoms with E-state index in [1.54, 1.807) is 36.5 Å². The number of nitrogens with one attached hydrogen (secondary N) is 2. The number of pyridine rings is 1. The molecule has 3 rings (SSSR count). The molecule has 31 heavy (non-hydrogen) atoms. The molecule has 0 saturated carbocycles. The summed E-state index contributed by atoms with van der Waals surface area (Å²) in [5.74, 6) is 1.01. The summed E-state index contributed by atoms with van der Waals surface area (Å²) in [5.41, 5.74) is 1.79. The first-order valence-electron chi connectivity index (χ1n) is 10.7. The molecule has 1 aromatic heterocycles. The zero-order valence-corrected chi connectivity index (χ0v) is 18.7. The Bertz CT molecular complexity index is 952. The monoisotopic (exact) mass is 442 g/mol. The Kier molecular flexibility index (Phi) is 9.33. The fraction of sp³-hybridized carbons (Fsp3) is 0.435. The van der Waals surface area contributed by atoms with Gasteiger partial charge in [0.2, 0.25) is 0 Å². The highest BCUT2D eigenvalue weighted by Crippen LogP contribution is 2.20. The lowest BCUT2D eigenvalue weighted by Crippen LogP contribution is -2.36. The molecule has 1 heterocycles. The summed E-state index contributed by atoms with van der Waals surface area (Å²) < 4.78 is 1.84. The predicted molar refractivity (Wildman–Crippen MR) is 128 cm³/mol. The number of rotatable bonds is 14. The molecule has 0 unspecified atom stereocenters. The summed E-state index contributed by atoms with van der Waals surface area (Å²) in [4.78, 5) is 33.3. The van der Waals surface area contributed by atoms with Crippen LogP contribution in [0.15, 0.2) is 57.9 Å². The van der Waals surface area contributed by atoms with Crippen LogP contribution in [0.2, 0.25) is 0 Å². The van der Waals surface area contributed by atoms with Crippen LogP contribution >= 0.6 is 11.9 Å². The highest BCUT2D eigenvalue weighted by Gasteiger charge is 2.20. The maximum atomic E-state index is 11.8. The smallest absolute Gasteiger partial charge is 0.253 e. The van der Waals surface area contributed by atoms with Crippen molar-refractivity contribution in [1.29, 1.82) is 0 Å². The number of hydrogen-bond donors (Lipinski definition) is 2. The molecule has 7 nitrogen and oxygen atoms in total. The van der Waals surface area contributed by atoms with Crippen molar-refractivity contribution in [2.75, 3.05) is 36.6 Å². The van der Waals surface area contributed by atoms with Crippen molar-refractivity contribution >= 4 is 29.0 Å². The topological polar surface area (TPSA) is 83.6 Å². The first-order chi connectivity index (χ1) is 15.1. The van der Waals surface area contributed by atoms with Gasteiger partial charge in [0.25, 0.3) is 10.9 Å². The van der Waals surface area contributed by atoms with Crippen LogP contribution in [0, 0.1) is 0 Å². The average molecular weight is 443 g/mol. The average Bonchev–Trinajstić information content (AvgIpc) is 2.81. The second-order valence-electron chi connectivity index (χ2n) is 7.42. The van der Waals surface area contributed by atoms with Crippen LogP contribution in [0.3, 0.4) is 0 Å². The van der Waals surface area contributed by atoms with Gasteiger partial charge in [-0.1, -0.05) is 43.0 Å². The van der Waals surface area contributed by atoms with E-state index in [2.05, 4.69) is 33.8 Å². The summed E-state index contributed by atoms with van der Waals surface area (Å²) >= 11 is 1.69. The van der Waals surface area contributed by atoms with Crippen molar-refractivity contribution in [1.82, 2.24) is 9.45 Å². The van der Waals surface area contributed by atoms with E-state index in [0.29, 0.717) is 24.5 Å². The van der Waals surface area contributed by atoms with Crippen LogP contribution in [0.1, 0.15) is 38.5 Å². The number of aromatic nitrogens is 1. The number of nitrogens with zero attached hydrogens (tertiary/aromatic N) is 2. The fourth-order valence-corrected chi connectivity index (χ4v) is 3.94. The van der Waals surface area contributed by atoms with E-state index in [9.17, 15) is 9.59 Å². The van der Waals surface area contributed by atoms with E-state index in [4.69, 9.17) is 4.84 Å². The summed E-state index contributed by atoms with van der Waals surface area (Å²) in [7, 11) is 1.95. The van der Waals surface area contributed by atoms with Crippen molar-refractivity contribution in [3.05, 3.63) is 68.8 Å². The standard InChI is InChI=1S/C23H30N4O3S/c1-27(30-17-18-9-5-4-6-10-18)31-16-8-3-2-7-13-25-20-21(23(29)22(20)28)26-19-11-14-24-15-12-19/h5,9-12,14-15,25H,2-4,6-8,13,16-17H2,1H3,(H,24,26). The lowest BCUT2D eigenvalue weighted by atomic mass is 10.1. The quantitative estimate of drug-likeness (QED) is 0.195. The molecule has 8 heteroatoms. The maximum Gasteiger partial charge on any atom is 0.253 e. The van der Waals surface area contributed by atoms with Gasteiger partial charge in [0.15, 0.2) is 0 Å². The molecule has 0 radical (unpaired) electrons. The van der Waals surface area contributed by atoms with Gasteiger partial charge in [0.1, 0.15) is 11.4 Å². The highest BCUT2D eigenvalue weighted by atomic mass is 32.2. The van der Waals surface area contributed by atoms with Gasteiger partial charge >= 0.3 is 0 Å².